The lowest BCUT2D eigenvalue weighted by Gasteiger charge is -2.07. The molecule has 0 saturated heterocycles. The maximum absolute atomic E-state index is 9.88. The van der Waals surface area contributed by atoms with Crippen molar-refractivity contribution < 1.29 is 5.11 Å². The molecule has 0 saturated carbocycles. The quantitative estimate of drug-likeness (QED) is 0.861. The molecule has 0 fully saturated rings. The first-order valence-corrected chi connectivity index (χ1v) is 5.81. The highest BCUT2D eigenvalue weighted by molar-refractivity contribution is 7.07. The molecule has 78 valence electrons. The first kappa shape index (κ1) is 10.3. The van der Waals surface area contributed by atoms with E-state index in [1.54, 1.807) is 5.51 Å². The highest BCUT2D eigenvalue weighted by Crippen LogP contribution is 2.18. The van der Waals surface area contributed by atoms with Gasteiger partial charge < -0.3 is 5.11 Å². The van der Waals surface area contributed by atoms with Gasteiger partial charge in [-0.15, -0.1) is 11.3 Å². The number of hydrogen-bond acceptors (Lipinski definition) is 3. The molecule has 0 bridgehead atoms. The SMILES string of the molecule is Cc1ccc(CC(O)c2cscn2)cc1. The van der Waals surface area contributed by atoms with Crippen molar-refractivity contribution in [1.29, 1.82) is 0 Å². The van der Waals surface area contributed by atoms with E-state index >= 15 is 0 Å². The van der Waals surface area contributed by atoms with Crippen molar-refractivity contribution in [1.82, 2.24) is 4.98 Å². The third-order valence-corrected chi connectivity index (χ3v) is 2.95. The number of aliphatic hydroxyl groups excluding tert-OH is 1. The fourth-order valence-corrected chi connectivity index (χ4v) is 2.04. The molecule has 0 aliphatic carbocycles. The minimum Gasteiger partial charge on any atom is -0.386 e. The van der Waals surface area contributed by atoms with E-state index in [2.05, 4.69) is 24.0 Å². The summed E-state index contributed by atoms with van der Waals surface area (Å²) in [7, 11) is 0. The largest absolute Gasteiger partial charge is 0.386 e. The van der Waals surface area contributed by atoms with E-state index in [9.17, 15) is 5.11 Å². The third kappa shape index (κ3) is 2.64. The van der Waals surface area contributed by atoms with E-state index in [1.807, 2.05) is 17.5 Å². The van der Waals surface area contributed by atoms with Crippen LogP contribution < -0.4 is 0 Å². The molecule has 0 radical (unpaired) electrons. The lowest BCUT2D eigenvalue weighted by Crippen LogP contribution is -2.01. The molecule has 0 aliphatic heterocycles. The van der Waals surface area contributed by atoms with Crippen LogP contribution in [0.25, 0.3) is 0 Å². The van der Waals surface area contributed by atoms with Crippen LogP contribution in [0.1, 0.15) is 22.9 Å². The van der Waals surface area contributed by atoms with Crippen molar-refractivity contribution >= 4 is 11.3 Å². The van der Waals surface area contributed by atoms with Gasteiger partial charge in [-0.3, -0.25) is 0 Å². The van der Waals surface area contributed by atoms with Crippen LogP contribution in [0.2, 0.25) is 0 Å². The second kappa shape index (κ2) is 4.55. The number of benzene rings is 1. The number of aryl methyl sites for hydroxylation is 1. The van der Waals surface area contributed by atoms with Crippen LogP contribution in [0.15, 0.2) is 35.2 Å². The Morgan fingerprint density at radius 1 is 1.33 bits per heavy atom. The van der Waals surface area contributed by atoms with Gasteiger partial charge in [0.1, 0.15) is 6.10 Å². The van der Waals surface area contributed by atoms with Crippen molar-refractivity contribution in [3.05, 3.63) is 52.0 Å². The molecule has 2 aromatic rings. The van der Waals surface area contributed by atoms with Gasteiger partial charge in [0.15, 0.2) is 0 Å². The second-order valence-corrected chi connectivity index (χ2v) is 4.34. The fraction of sp³-hybridized carbons (Fsp3) is 0.250. The van der Waals surface area contributed by atoms with Gasteiger partial charge in [-0.05, 0) is 12.5 Å². The van der Waals surface area contributed by atoms with Crippen LogP contribution in [-0.4, -0.2) is 10.1 Å². The predicted molar refractivity (Wildman–Crippen MR) is 62.0 cm³/mol. The Balaban J connectivity index is 2.06. The monoisotopic (exact) mass is 219 g/mol. The van der Waals surface area contributed by atoms with E-state index in [1.165, 1.54) is 16.9 Å². The van der Waals surface area contributed by atoms with Gasteiger partial charge in [0.25, 0.3) is 0 Å². The lowest BCUT2D eigenvalue weighted by atomic mass is 10.1. The van der Waals surface area contributed by atoms with Gasteiger partial charge in [-0.2, -0.15) is 0 Å². The van der Waals surface area contributed by atoms with E-state index in [0.29, 0.717) is 6.42 Å². The minimum atomic E-state index is -0.487. The number of nitrogens with zero attached hydrogens (tertiary/aromatic N) is 1. The number of hydrogen-bond donors (Lipinski definition) is 1. The summed E-state index contributed by atoms with van der Waals surface area (Å²) < 4.78 is 0. The molecule has 0 spiro atoms. The first-order valence-electron chi connectivity index (χ1n) is 4.87. The normalized spacial score (nSPS) is 12.7. The summed E-state index contributed by atoms with van der Waals surface area (Å²) in [5, 5.41) is 11.8. The van der Waals surface area contributed by atoms with Crippen LogP contribution in [0, 0.1) is 6.92 Å². The summed E-state index contributed by atoms with van der Waals surface area (Å²) in [6.07, 6.45) is 0.142. The lowest BCUT2D eigenvalue weighted by molar-refractivity contribution is 0.174. The number of aromatic nitrogens is 1. The Labute approximate surface area is 93.2 Å². The Bertz CT molecular complexity index is 408. The zero-order valence-corrected chi connectivity index (χ0v) is 9.37. The van der Waals surface area contributed by atoms with Crippen molar-refractivity contribution in [2.24, 2.45) is 0 Å². The third-order valence-electron chi connectivity index (χ3n) is 2.34. The molecule has 1 atom stereocenters. The van der Waals surface area contributed by atoms with Crippen LogP contribution in [0.4, 0.5) is 0 Å². The van der Waals surface area contributed by atoms with E-state index in [-0.39, 0.29) is 0 Å². The molecule has 1 heterocycles. The summed E-state index contributed by atoms with van der Waals surface area (Å²) in [6, 6.07) is 8.21. The van der Waals surface area contributed by atoms with Gasteiger partial charge >= 0.3 is 0 Å². The summed E-state index contributed by atoms with van der Waals surface area (Å²) in [4.78, 5) is 4.10. The Kier molecular flexibility index (Phi) is 3.14. The molecule has 15 heavy (non-hydrogen) atoms. The van der Waals surface area contributed by atoms with Gasteiger partial charge in [-0.25, -0.2) is 4.98 Å². The summed E-state index contributed by atoms with van der Waals surface area (Å²) in [5.74, 6) is 0. The topological polar surface area (TPSA) is 33.1 Å². The fourth-order valence-electron chi connectivity index (χ4n) is 1.44. The summed E-state index contributed by atoms with van der Waals surface area (Å²) in [6.45, 7) is 2.06. The predicted octanol–water partition coefficient (Wildman–Crippen LogP) is 2.73. The molecule has 3 heteroatoms. The minimum absolute atomic E-state index is 0.487. The average Bonchev–Trinajstić information content (AvgIpc) is 2.74. The summed E-state index contributed by atoms with van der Waals surface area (Å²) >= 11 is 1.51. The van der Waals surface area contributed by atoms with E-state index in [0.717, 1.165) is 11.3 Å². The van der Waals surface area contributed by atoms with Crippen LogP contribution in [0.5, 0.6) is 0 Å². The van der Waals surface area contributed by atoms with Crippen molar-refractivity contribution in [2.75, 3.05) is 0 Å². The maximum atomic E-state index is 9.88. The molecule has 1 aromatic heterocycles. The average molecular weight is 219 g/mol. The summed E-state index contributed by atoms with van der Waals surface area (Å²) in [5.41, 5.74) is 4.89. The van der Waals surface area contributed by atoms with E-state index < -0.39 is 6.10 Å². The van der Waals surface area contributed by atoms with Gasteiger partial charge in [0.2, 0.25) is 0 Å². The molecule has 1 unspecified atom stereocenters. The van der Waals surface area contributed by atoms with Crippen molar-refractivity contribution in [3.8, 4) is 0 Å². The molecular formula is C12H13NOS. The highest BCUT2D eigenvalue weighted by atomic mass is 32.1. The molecule has 0 amide bonds. The molecule has 1 aromatic carbocycles. The number of thiazole rings is 1. The molecule has 2 rings (SSSR count). The Hall–Kier alpha value is -1.19. The molecule has 0 aliphatic rings. The van der Waals surface area contributed by atoms with Crippen molar-refractivity contribution in [2.45, 2.75) is 19.4 Å². The Morgan fingerprint density at radius 2 is 2.07 bits per heavy atom. The maximum Gasteiger partial charge on any atom is 0.101 e. The molecule has 2 nitrogen and oxygen atoms in total. The smallest absolute Gasteiger partial charge is 0.101 e. The molecule has 1 N–H and O–H groups in total. The van der Waals surface area contributed by atoms with Gasteiger partial charge in [0, 0.05) is 11.8 Å². The zero-order chi connectivity index (χ0) is 10.7. The van der Waals surface area contributed by atoms with E-state index in [4.69, 9.17) is 0 Å². The number of aliphatic hydroxyl groups is 1. The number of rotatable bonds is 3. The van der Waals surface area contributed by atoms with Crippen molar-refractivity contribution in [3.63, 3.8) is 0 Å². The van der Waals surface area contributed by atoms with Gasteiger partial charge in [0.05, 0.1) is 11.2 Å². The molecular weight excluding hydrogens is 206 g/mol. The van der Waals surface area contributed by atoms with Crippen LogP contribution in [-0.2, 0) is 6.42 Å². The standard InChI is InChI=1S/C12H13NOS/c1-9-2-4-10(5-3-9)6-12(14)11-7-15-8-13-11/h2-5,7-8,12,14H,6H2,1H3. The van der Waals surface area contributed by atoms with Crippen LogP contribution >= 0.6 is 11.3 Å². The van der Waals surface area contributed by atoms with Gasteiger partial charge in [-0.1, -0.05) is 29.8 Å². The zero-order valence-electron chi connectivity index (χ0n) is 8.55. The first-order chi connectivity index (χ1) is 7.25. The highest BCUT2D eigenvalue weighted by Gasteiger charge is 2.09. The second-order valence-electron chi connectivity index (χ2n) is 3.62. The Morgan fingerprint density at radius 3 is 2.67 bits per heavy atom. The van der Waals surface area contributed by atoms with Crippen LogP contribution in [0.3, 0.4) is 0 Å².